The van der Waals surface area contributed by atoms with Crippen molar-refractivity contribution in [3.8, 4) is 0 Å². The quantitative estimate of drug-likeness (QED) is 0.923. The van der Waals surface area contributed by atoms with E-state index in [0.717, 1.165) is 0 Å². The molecule has 1 aromatic rings. The molecule has 0 aliphatic rings. The molecule has 0 fully saturated rings. The number of rotatable bonds is 4. The van der Waals surface area contributed by atoms with Gasteiger partial charge in [-0.3, -0.25) is 9.59 Å². The monoisotopic (exact) mass is 281 g/mol. The van der Waals surface area contributed by atoms with Crippen LogP contribution < -0.4 is 0 Å². The molecule has 1 rings (SSSR count). The summed E-state index contributed by atoms with van der Waals surface area (Å²) >= 11 is 0. The second-order valence-corrected chi connectivity index (χ2v) is 5.81. The minimum absolute atomic E-state index is 0.0337. The van der Waals surface area contributed by atoms with E-state index in [1.54, 1.807) is 26.8 Å². The van der Waals surface area contributed by atoms with E-state index in [4.69, 9.17) is 5.11 Å². The number of hydrogen-bond acceptors (Lipinski definition) is 2. The van der Waals surface area contributed by atoms with Crippen molar-refractivity contribution in [2.75, 3.05) is 6.54 Å². The van der Waals surface area contributed by atoms with Gasteiger partial charge in [0.25, 0.3) is 5.91 Å². The first kappa shape index (κ1) is 16.1. The number of nitrogens with zero attached hydrogens (tertiary/aromatic N) is 1. The summed E-state index contributed by atoms with van der Waals surface area (Å²) in [6, 6.07) is 5.71. The number of carboxylic acid groups (broad SMARTS) is 1. The van der Waals surface area contributed by atoms with Crippen LogP contribution in [0.15, 0.2) is 24.3 Å². The molecule has 0 saturated heterocycles. The van der Waals surface area contributed by atoms with Gasteiger partial charge in [-0.2, -0.15) is 0 Å². The van der Waals surface area contributed by atoms with Gasteiger partial charge >= 0.3 is 5.97 Å². The summed E-state index contributed by atoms with van der Waals surface area (Å²) < 4.78 is 13.7. The fourth-order valence-corrected chi connectivity index (χ4v) is 1.79. The zero-order chi connectivity index (χ0) is 15.5. The van der Waals surface area contributed by atoms with Gasteiger partial charge in [0, 0.05) is 12.1 Å². The van der Waals surface area contributed by atoms with Crippen LogP contribution in [-0.2, 0) is 4.79 Å². The van der Waals surface area contributed by atoms with Crippen LogP contribution in [0.4, 0.5) is 4.39 Å². The Kier molecular flexibility index (Phi) is 4.87. The number of benzene rings is 1. The minimum Gasteiger partial charge on any atom is -0.481 e. The van der Waals surface area contributed by atoms with Gasteiger partial charge in [0.2, 0.25) is 0 Å². The molecule has 0 heterocycles. The molecule has 0 aliphatic carbocycles. The number of carbonyl (C=O) groups excluding carboxylic acids is 1. The molecule has 0 bridgehead atoms. The van der Waals surface area contributed by atoms with Gasteiger partial charge in [0.05, 0.1) is 11.5 Å². The van der Waals surface area contributed by atoms with Crippen molar-refractivity contribution in [3.63, 3.8) is 0 Å². The number of hydrogen-bond donors (Lipinski definition) is 1. The molecule has 1 atom stereocenters. The third-order valence-corrected chi connectivity index (χ3v) is 3.04. The highest BCUT2D eigenvalue weighted by Crippen LogP contribution is 2.20. The van der Waals surface area contributed by atoms with E-state index in [1.165, 1.54) is 30.0 Å². The highest BCUT2D eigenvalue weighted by Gasteiger charge is 2.31. The van der Waals surface area contributed by atoms with E-state index >= 15 is 0 Å². The number of amides is 1. The van der Waals surface area contributed by atoms with Crippen molar-refractivity contribution in [1.29, 1.82) is 0 Å². The second kappa shape index (κ2) is 6.03. The highest BCUT2D eigenvalue weighted by atomic mass is 19.1. The van der Waals surface area contributed by atoms with Crippen LogP contribution in [0.2, 0.25) is 0 Å². The van der Waals surface area contributed by atoms with Crippen LogP contribution in [0.3, 0.4) is 0 Å². The smallest absolute Gasteiger partial charge is 0.308 e. The predicted molar refractivity (Wildman–Crippen MR) is 74.0 cm³/mol. The van der Waals surface area contributed by atoms with Crippen LogP contribution in [0.5, 0.6) is 0 Å². The van der Waals surface area contributed by atoms with Crippen LogP contribution in [0.25, 0.3) is 0 Å². The Balaban J connectivity index is 3.09. The van der Waals surface area contributed by atoms with Crippen molar-refractivity contribution in [1.82, 2.24) is 4.90 Å². The second-order valence-electron chi connectivity index (χ2n) is 5.81. The molecule has 1 unspecified atom stereocenters. The lowest BCUT2D eigenvalue weighted by atomic mass is 10.0. The molecule has 0 spiro atoms. The van der Waals surface area contributed by atoms with Gasteiger partial charge in [-0.1, -0.05) is 19.1 Å². The van der Waals surface area contributed by atoms with Crippen molar-refractivity contribution in [3.05, 3.63) is 35.6 Å². The summed E-state index contributed by atoms with van der Waals surface area (Å²) in [5, 5.41) is 8.99. The standard InChI is InChI=1S/C15H20FNO3/c1-10(14(19)20)9-17(15(2,3)4)13(18)11-7-5-6-8-12(11)16/h5-8,10H,9H2,1-4H3,(H,19,20). The lowest BCUT2D eigenvalue weighted by Gasteiger charge is -2.37. The Bertz CT molecular complexity index is 508. The van der Waals surface area contributed by atoms with E-state index in [1.807, 2.05) is 0 Å². The van der Waals surface area contributed by atoms with Crippen LogP contribution in [0.1, 0.15) is 38.1 Å². The topological polar surface area (TPSA) is 57.6 Å². The van der Waals surface area contributed by atoms with Crippen LogP contribution in [0, 0.1) is 11.7 Å². The average molecular weight is 281 g/mol. The summed E-state index contributed by atoms with van der Waals surface area (Å²) in [5.41, 5.74) is -0.636. The van der Waals surface area contributed by atoms with Gasteiger partial charge in [-0.05, 0) is 32.9 Å². The maximum Gasteiger partial charge on any atom is 0.308 e. The van der Waals surface area contributed by atoms with E-state index in [9.17, 15) is 14.0 Å². The SMILES string of the molecule is CC(CN(C(=O)c1ccccc1F)C(C)(C)C)C(=O)O. The summed E-state index contributed by atoms with van der Waals surface area (Å²) in [6.45, 7) is 6.93. The molecular weight excluding hydrogens is 261 g/mol. The minimum atomic E-state index is -0.986. The van der Waals surface area contributed by atoms with Gasteiger partial charge in [0.1, 0.15) is 5.82 Å². The Morgan fingerprint density at radius 1 is 1.30 bits per heavy atom. The lowest BCUT2D eigenvalue weighted by Crippen LogP contribution is -2.48. The molecule has 5 heteroatoms. The third-order valence-electron chi connectivity index (χ3n) is 3.04. The number of halogens is 1. The molecule has 0 aliphatic heterocycles. The van der Waals surface area contributed by atoms with E-state index in [0.29, 0.717) is 0 Å². The zero-order valence-electron chi connectivity index (χ0n) is 12.2. The Morgan fingerprint density at radius 3 is 2.30 bits per heavy atom. The van der Waals surface area contributed by atoms with Crippen molar-refractivity contribution in [2.24, 2.45) is 5.92 Å². The predicted octanol–water partition coefficient (Wildman–Crippen LogP) is 2.79. The average Bonchev–Trinajstić information content (AvgIpc) is 2.33. The molecule has 1 amide bonds. The first-order valence-electron chi connectivity index (χ1n) is 6.44. The maximum absolute atomic E-state index is 13.7. The molecule has 1 N–H and O–H groups in total. The van der Waals surface area contributed by atoms with Gasteiger partial charge < -0.3 is 10.0 Å². The molecular formula is C15H20FNO3. The zero-order valence-corrected chi connectivity index (χ0v) is 12.2. The summed E-state index contributed by atoms with van der Waals surface area (Å²) in [5.74, 6) is -2.80. The third kappa shape index (κ3) is 3.79. The lowest BCUT2D eigenvalue weighted by molar-refractivity contribution is -0.141. The number of carbonyl (C=O) groups is 2. The highest BCUT2D eigenvalue weighted by molar-refractivity contribution is 5.95. The van der Waals surface area contributed by atoms with E-state index in [2.05, 4.69) is 0 Å². The normalized spacial score (nSPS) is 12.8. The van der Waals surface area contributed by atoms with Crippen LogP contribution >= 0.6 is 0 Å². The summed E-state index contributed by atoms with van der Waals surface area (Å²) in [7, 11) is 0. The number of aliphatic carboxylic acids is 1. The Morgan fingerprint density at radius 2 is 1.85 bits per heavy atom. The number of carboxylic acids is 1. The maximum atomic E-state index is 13.7. The molecule has 0 aromatic heterocycles. The van der Waals surface area contributed by atoms with Crippen LogP contribution in [-0.4, -0.2) is 34.0 Å². The molecule has 0 saturated carbocycles. The molecule has 1 aromatic carbocycles. The van der Waals surface area contributed by atoms with Gasteiger partial charge in [-0.15, -0.1) is 0 Å². The summed E-state index contributed by atoms with van der Waals surface area (Å²) in [6.07, 6.45) is 0. The van der Waals surface area contributed by atoms with Crippen molar-refractivity contribution >= 4 is 11.9 Å². The fourth-order valence-electron chi connectivity index (χ4n) is 1.79. The van der Waals surface area contributed by atoms with E-state index < -0.39 is 29.2 Å². The molecule has 20 heavy (non-hydrogen) atoms. The molecule has 4 nitrogen and oxygen atoms in total. The van der Waals surface area contributed by atoms with Crippen molar-refractivity contribution < 1.29 is 19.1 Å². The van der Waals surface area contributed by atoms with Gasteiger partial charge in [-0.25, -0.2) is 4.39 Å². The first-order chi connectivity index (χ1) is 9.14. The largest absolute Gasteiger partial charge is 0.481 e. The molecule has 0 radical (unpaired) electrons. The fraction of sp³-hybridized carbons (Fsp3) is 0.467. The summed E-state index contributed by atoms with van der Waals surface area (Å²) in [4.78, 5) is 24.8. The molecule has 110 valence electrons. The Hall–Kier alpha value is -1.91. The first-order valence-corrected chi connectivity index (χ1v) is 6.44. The Labute approximate surface area is 118 Å². The van der Waals surface area contributed by atoms with Gasteiger partial charge in [0.15, 0.2) is 0 Å². The van der Waals surface area contributed by atoms with E-state index in [-0.39, 0.29) is 12.1 Å². The van der Waals surface area contributed by atoms with Crippen molar-refractivity contribution in [2.45, 2.75) is 33.2 Å².